The molecule has 7 nitrogen and oxygen atoms in total. The molecular weight excluding hydrogens is 338 g/mol. The fraction of sp³-hybridized carbons (Fsp3) is 0.421. The molecule has 2 atom stereocenters. The Kier molecular flexibility index (Phi) is 6.94. The number of amides is 1. The topological polar surface area (TPSA) is 113 Å². The Bertz CT molecular complexity index is 664. The van der Waals surface area contributed by atoms with E-state index >= 15 is 0 Å². The maximum absolute atomic E-state index is 12.1. The minimum absolute atomic E-state index is 0.0953. The van der Waals surface area contributed by atoms with E-state index in [0.29, 0.717) is 5.56 Å². The number of allylic oxidation sites excluding steroid dienone is 1. The van der Waals surface area contributed by atoms with Crippen molar-refractivity contribution in [1.29, 1.82) is 0 Å². The lowest BCUT2D eigenvalue weighted by atomic mass is 9.72. The third kappa shape index (κ3) is 5.61. The molecule has 0 bridgehead atoms. The van der Waals surface area contributed by atoms with Crippen LogP contribution in [0.3, 0.4) is 0 Å². The minimum atomic E-state index is -1.81. The Morgan fingerprint density at radius 3 is 2.19 bits per heavy atom. The molecule has 0 saturated heterocycles. The van der Waals surface area contributed by atoms with Gasteiger partial charge in [0, 0.05) is 0 Å². The zero-order valence-electron chi connectivity index (χ0n) is 15.2. The quantitative estimate of drug-likeness (QED) is 0.612. The van der Waals surface area contributed by atoms with Crippen molar-refractivity contribution in [2.75, 3.05) is 0 Å². The SMILES string of the molecule is C=CC[C@](Cc1ccccc1)(C(=O)O)[C@@H](NC(=O)OC(C)(C)C)C(=O)O. The van der Waals surface area contributed by atoms with Crippen LogP contribution in [0.2, 0.25) is 0 Å². The molecule has 1 aromatic carbocycles. The van der Waals surface area contributed by atoms with Crippen LogP contribution < -0.4 is 5.32 Å². The van der Waals surface area contributed by atoms with Gasteiger partial charge in [0.15, 0.2) is 0 Å². The molecule has 26 heavy (non-hydrogen) atoms. The zero-order chi connectivity index (χ0) is 20.0. The first kappa shape index (κ1) is 21.2. The predicted octanol–water partition coefficient (Wildman–Crippen LogP) is 2.85. The normalized spacial score (nSPS) is 14.6. The Morgan fingerprint density at radius 2 is 1.77 bits per heavy atom. The van der Waals surface area contributed by atoms with E-state index in [2.05, 4.69) is 11.9 Å². The van der Waals surface area contributed by atoms with E-state index in [1.54, 1.807) is 51.1 Å². The molecule has 0 aliphatic heterocycles. The molecule has 0 saturated carbocycles. The van der Waals surface area contributed by atoms with Crippen molar-refractivity contribution in [3.05, 3.63) is 48.6 Å². The van der Waals surface area contributed by atoms with Crippen molar-refractivity contribution in [2.45, 2.75) is 45.3 Å². The number of ether oxygens (including phenoxy) is 1. The summed E-state index contributed by atoms with van der Waals surface area (Å²) in [5, 5.41) is 21.7. The van der Waals surface area contributed by atoms with Gasteiger partial charge in [0.25, 0.3) is 0 Å². The molecule has 0 heterocycles. The van der Waals surface area contributed by atoms with E-state index in [9.17, 15) is 24.6 Å². The van der Waals surface area contributed by atoms with E-state index in [1.165, 1.54) is 6.08 Å². The molecular formula is C19H25NO6. The van der Waals surface area contributed by atoms with Crippen molar-refractivity contribution in [2.24, 2.45) is 5.41 Å². The van der Waals surface area contributed by atoms with Gasteiger partial charge < -0.3 is 20.3 Å². The van der Waals surface area contributed by atoms with Gasteiger partial charge in [0.2, 0.25) is 0 Å². The molecule has 0 aliphatic rings. The highest BCUT2D eigenvalue weighted by molar-refractivity contribution is 5.89. The zero-order valence-corrected chi connectivity index (χ0v) is 15.2. The number of carbonyl (C=O) groups excluding carboxylic acids is 1. The molecule has 1 amide bonds. The number of carbonyl (C=O) groups is 3. The van der Waals surface area contributed by atoms with Crippen LogP contribution in [0.1, 0.15) is 32.8 Å². The van der Waals surface area contributed by atoms with E-state index in [0.717, 1.165) is 0 Å². The van der Waals surface area contributed by atoms with Crippen LogP contribution in [0.4, 0.5) is 4.79 Å². The van der Waals surface area contributed by atoms with Crippen LogP contribution in [-0.4, -0.2) is 39.9 Å². The van der Waals surface area contributed by atoms with Gasteiger partial charge in [-0.3, -0.25) is 4.79 Å². The molecule has 1 rings (SSSR count). The third-order valence-corrected chi connectivity index (χ3v) is 3.76. The average molecular weight is 363 g/mol. The molecule has 7 heteroatoms. The number of carboxylic acids is 2. The van der Waals surface area contributed by atoms with Crippen LogP contribution in [0, 0.1) is 5.41 Å². The lowest BCUT2D eigenvalue weighted by Gasteiger charge is -2.35. The maximum Gasteiger partial charge on any atom is 0.408 e. The van der Waals surface area contributed by atoms with Crippen LogP contribution in [-0.2, 0) is 20.7 Å². The molecule has 0 unspecified atom stereocenters. The lowest BCUT2D eigenvalue weighted by Crippen LogP contribution is -2.57. The first-order valence-electron chi connectivity index (χ1n) is 8.12. The second-order valence-electron chi connectivity index (χ2n) is 7.03. The van der Waals surface area contributed by atoms with Crippen LogP contribution in [0.15, 0.2) is 43.0 Å². The number of hydrogen-bond acceptors (Lipinski definition) is 4. The van der Waals surface area contributed by atoms with Crippen LogP contribution in [0.25, 0.3) is 0 Å². The predicted molar refractivity (Wildman–Crippen MR) is 95.8 cm³/mol. The van der Waals surface area contributed by atoms with Gasteiger partial charge in [0.05, 0.1) is 0 Å². The summed E-state index contributed by atoms with van der Waals surface area (Å²) in [6.45, 7) is 8.43. The number of nitrogens with one attached hydrogen (secondary N) is 1. The number of aliphatic carboxylic acids is 2. The van der Waals surface area contributed by atoms with Gasteiger partial charge in [-0.25, -0.2) is 9.59 Å². The molecule has 0 aliphatic carbocycles. The molecule has 1 aromatic rings. The molecule has 0 radical (unpaired) electrons. The molecule has 3 N–H and O–H groups in total. The maximum atomic E-state index is 12.1. The number of alkyl carbamates (subject to hydrolysis) is 1. The van der Waals surface area contributed by atoms with E-state index < -0.39 is 35.1 Å². The lowest BCUT2D eigenvalue weighted by molar-refractivity contribution is -0.159. The third-order valence-electron chi connectivity index (χ3n) is 3.76. The second-order valence-corrected chi connectivity index (χ2v) is 7.03. The Hall–Kier alpha value is -2.83. The summed E-state index contributed by atoms with van der Waals surface area (Å²) in [6, 6.07) is 6.93. The van der Waals surface area contributed by atoms with Crippen molar-refractivity contribution in [1.82, 2.24) is 5.32 Å². The monoisotopic (exact) mass is 363 g/mol. The Balaban J connectivity index is 3.29. The van der Waals surface area contributed by atoms with Crippen molar-refractivity contribution in [3.8, 4) is 0 Å². The molecule has 0 spiro atoms. The van der Waals surface area contributed by atoms with Gasteiger partial charge in [-0.15, -0.1) is 6.58 Å². The largest absolute Gasteiger partial charge is 0.481 e. The average Bonchev–Trinajstić information content (AvgIpc) is 2.51. The van der Waals surface area contributed by atoms with E-state index in [-0.39, 0.29) is 12.8 Å². The van der Waals surface area contributed by atoms with Gasteiger partial charge in [-0.2, -0.15) is 0 Å². The highest BCUT2D eigenvalue weighted by atomic mass is 16.6. The number of carboxylic acid groups (broad SMARTS) is 2. The highest BCUT2D eigenvalue weighted by Gasteiger charge is 2.50. The highest BCUT2D eigenvalue weighted by Crippen LogP contribution is 2.33. The molecule has 0 aromatic heterocycles. The second kappa shape index (κ2) is 8.51. The first-order chi connectivity index (χ1) is 12.0. The number of rotatable bonds is 8. The van der Waals surface area contributed by atoms with E-state index in [4.69, 9.17) is 4.74 Å². The smallest absolute Gasteiger partial charge is 0.408 e. The summed E-state index contributed by atoms with van der Waals surface area (Å²) < 4.78 is 5.09. The van der Waals surface area contributed by atoms with Gasteiger partial charge >= 0.3 is 18.0 Å². The Labute approximate surface area is 152 Å². The van der Waals surface area contributed by atoms with Crippen molar-refractivity contribution >= 4 is 18.0 Å². The van der Waals surface area contributed by atoms with Crippen molar-refractivity contribution < 1.29 is 29.3 Å². The summed E-state index contributed by atoms with van der Waals surface area (Å²) in [5.74, 6) is -2.80. The fourth-order valence-corrected chi connectivity index (χ4v) is 2.66. The molecule has 0 fully saturated rings. The summed E-state index contributed by atoms with van der Waals surface area (Å²) in [6.07, 6.45) is 0.100. The summed E-state index contributed by atoms with van der Waals surface area (Å²) in [7, 11) is 0. The van der Waals surface area contributed by atoms with Crippen LogP contribution in [0.5, 0.6) is 0 Å². The van der Waals surface area contributed by atoms with Gasteiger partial charge in [0.1, 0.15) is 17.1 Å². The van der Waals surface area contributed by atoms with Crippen molar-refractivity contribution in [3.63, 3.8) is 0 Å². The van der Waals surface area contributed by atoms with E-state index in [1.807, 2.05) is 0 Å². The van der Waals surface area contributed by atoms with Crippen LogP contribution >= 0.6 is 0 Å². The molecule has 142 valence electrons. The fourth-order valence-electron chi connectivity index (χ4n) is 2.66. The number of benzene rings is 1. The summed E-state index contributed by atoms with van der Waals surface area (Å²) >= 11 is 0. The standard InChI is InChI=1S/C19H25NO6/c1-5-11-19(16(23)24,12-13-9-7-6-8-10-13)14(15(21)22)20-17(25)26-18(2,3)4/h5-10,14H,1,11-12H2,2-4H3,(H,20,25)(H,21,22)(H,23,24)/t14-,19+/m0/s1. The van der Waals surface area contributed by atoms with Gasteiger partial charge in [-0.05, 0) is 39.2 Å². The van der Waals surface area contributed by atoms with Gasteiger partial charge in [-0.1, -0.05) is 36.4 Å². The summed E-state index contributed by atoms with van der Waals surface area (Å²) in [5.41, 5.74) is -2.03. The summed E-state index contributed by atoms with van der Waals surface area (Å²) in [4.78, 5) is 36.1. The Morgan fingerprint density at radius 1 is 1.19 bits per heavy atom. The number of hydrogen-bond donors (Lipinski definition) is 3. The first-order valence-corrected chi connectivity index (χ1v) is 8.12. The minimum Gasteiger partial charge on any atom is -0.481 e.